The van der Waals surface area contributed by atoms with E-state index in [0.29, 0.717) is 55.1 Å². The van der Waals surface area contributed by atoms with Gasteiger partial charge in [0.25, 0.3) is 11.8 Å². The third-order valence-corrected chi connectivity index (χ3v) is 7.31. The van der Waals surface area contributed by atoms with E-state index in [-0.39, 0.29) is 24.2 Å². The minimum atomic E-state index is -1.46. The number of aliphatic hydroxyl groups is 2. The van der Waals surface area contributed by atoms with E-state index in [1.54, 1.807) is 23.1 Å². The summed E-state index contributed by atoms with van der Waals surface area (Å²) in [5, 5.41) is 26.9. The first-order valence-electron chi connectivity index (χ1n) is 12.5. The van der Waals surface area contributed by atoms with Crippen molar-refractivity contribution in [1.82, 2.24) is 34.6 Å². The van der Waals surface area contributed by atoms with Crippen LogP contribution in [0.15, 0.2) is 30.9 Å². The van der Waals surface area contributed by atoms with Crippen LogP contribution in [-0.2, 0) is 20.9 Å². The number of hydrogen-bond acceptors (Lipinski definition) is 11. The van der Waals surface area contributed by atoms with Gasteiger partial charge in [-0.1, -0.05) is 6.07 Å². The van der Waals surface area contributed by atoms with E-state index >= 15 is 0 Å². The van der Waals surface area contributed by atoms with Crippen molar-refractivity contribution < 1.29 is 29.3 Å². The molecule has 1 aromatic carbocycles. The van der Waals surface area contributed by atoms with E-state index in [0.717, 1.165) is 5.56 Å². The SMILES string of the molecule is Nc1ncnc2c1ncn2[C@@H]1O[C@H](C(=O)N2CCN(CC(=O)Nc3cccc4c3CNC4=O)CC2)[C@@H](O)[C@@H]1O. The van der Waals surface area contributed by atoms with E-state index in [4.69, 9.17) is 10.5 Å². The summed E-state index contributed by atoms with van der Waals surface area (Å²) in [6, 6.07) is 5.21. The van der Waals surface area contributed by atoms with Crippen molar-refractivity contribution in [3.63, 3.8) is 0 Å². The Kier molecular flexibility index (Phi) is 6.34. The van der Waals surface area contributed by atoms with Crippen LogP contribution >= 0.6 is 0 Å². The number of benzene rings is 1. The lowest BCUT2D eigenvalue weighted by Crippen LogP contribution is -2.54. The normalized spacial score (nSPS) is 25.1. The Hall–Kier alpha value is -4.18. The summed E-state index contributed by atoms with van der Waals surface area (Å²) < 4.78 is 7.23. The van der Waals surface area contributed by atoms with Gasteiger partial charge < -0.3 is 36.2 Å². The van der Waals surface area contributed by atoms with E-state index in [9.17, 15) is 24.6 Å². The fourth-order valence-corrected chi connectivity index (χ4v) is 5.22. The monoisotopic (exact) mass is 537 g/mol. The molecule has 0 aliphatic carbocycles. The Bertz CT molecular complexity index is 1450. The largest absolute Gasteiger partial charge is 0.387 e. The average Bonchev–Trinajstić information content (AvgIpc) is 3.61. The standard InChI is InChI=1S/C24H27N9O6/c25-20-16-21(28-10-27-20)33(11-29-16)24-18(36)17(35)19(39-24)23(38)32-6-4-31(5-7-32)9-15(34)30-14-3-1-2-12-13(14)8-26-22(12)37/h1-3,10-11,17-19,24,35-36H,4-9H2,(H,26,37)(H,30,34)(H2,25,27,28)/t17-,18-,19-,24+/m0/s1. The summed E-state index contributed by atoms with van der Waals surface area (Å²) in [6.45, 7) is 1.99. The number of nitrogen functional groups attached to an aromatic ring is 1. The van der Waals surface area contributed by atoms with Gasteiger partial charge in [0, 0.05) is 49.5 Å². The van der Waals surface area contributed by atoms with Crippen molar-refractivity contribution >= 4 is 40.4 Å². The maximum absolute atomic E-state index is 13.2. The predicted molar refractivity (Wildman–Crippen MR) is 135 cm³/mol. The lowest BCUT2D eigenvalue weighted by molar-refractivity contribution is -0.150. The second-order valence-corrected chi connectivity index (χ2v) is 9.68. The van der Waals surface area contributed by atoms with Gasteiger partial charge in [0.1, 0.15) is 24.1 Å². The number of nitrogens with one attached hydrogen (secondary N) is 2. The summed E-state index contributed by atoms with van der Waals surface area (Å²) in [5.74, 6) is -0.677. The molecule has 3 aliphatic rings. The number of amides is 3. The predicted octanol–water partition coefficient (Wildman–Crippen LogP) is -1.95. The van der Waals surface area contributed by atoms with Crippen LogP contribution in [0.5, 0.6) is 0 Å². The van der Waals surface area contributed by atoms with Crippen molar-refractivity contribution in [3.8, 4) is 0 Å². The molecule has 3 amide bonds. The Morgan fingerprint density at radius 1 is 1.13 bits per heavy atom. The Morgan fingerprint density at radius 3 is 2.72 bits per heavy atom. The number of rotatable bonds is 5. The molecule has 2 saturated heterocycles. The number of anilines is 2. The van der Waals surface area contributed by atoms with Crippen LogP contribution in [-0.4, -0.2) is 108 Å². The van der Waals surface area contributed by atoms with Gasteiger partial charge in [-0.25, -0.2) is 15.0 Å². The van der Waals surface area contributed by atoms with Crippen LogP contribution in [0.1, 0.15) is 22.1 Å². The number of imidazole rings is 1. The number of nitrogens with two attached hydrogens (primary N) is 1. The molecular formula is C24H27N9O6. The van der Waals surface area contributed by atoms with Crippen LogP contribution in [0.4, 0.5) is 11.5 Å². The maximum Gasteiger partial charge on any atom is 0.254 e. The number of aliphatic hydroxyl groups excluding tert-OH is 2. The number of ether oxygens (including phenoxy) is 1. The molecule has 15 heteroatoms. The number of fused-ring (bicyclic) bond motifs is 2. The summed E-state index contributed by atoms with van der Waals surface area (Å²) in [6.07, 6.45) is -2.62. The van der Waals surface area contributed by atoms with Crippen LogP contribution in [0.3, 0.4) is 0 Å². The molecule has 5 heterocycles. The van der Waals surface area contributed by atoms with Crippen LogP contribution in [0, 0.1) is 0 Å². The van der Waals surface area contributed by atoms with Crippen molar-refractivity contribution in [3.05, 3.63) is 42.0 Å². The summed E-state index contributed by atoms with van der Waals surface area (Å²) in [7, 11) is 0. The lowest BCUT2D eigenvalue weighted by Gasteiger charge is -2.35. The van der Waals surface area contributed by atoms with Crippen molar-refractivity contribution in [1.29, 1.82) is 0 Å². The van der Waals surface area contributed by atoms with E-state index < -0.39 is 30.4 Å². The van der Waals surface area contributed by atoms with Gasteiger partial charge in [-0.2, -0.15) is 0 Å². The molecule has 0 saturated carbocycles. The van der Waals surface area contributed by atoms with E-state index in [1.165, 1.54) is 17.2 Å². The highest BCUT2D eigenvalue weighted by Crippen LogP contribution is 2.33. The molecule has 0 bridgehead atoms. The summed E-state index contributed by atoms with van der Waals surface area (Å²) >= 11 is 0. The molecular weight excluding hydrogens is 510 g/mol. The first kappa shape index (κ1) is 25.1. The molecule has 2 aromatic heterocycles. The number of piperazine rings is 1. The highest BCUT2D eigenvalue weighted by Gasteiger charge is 2.49. The molecule has 0 unspecified atom stereocenters. The molecule has 204 valence electrons. The zero-order valence-corrected chi connectivity index (χ0v) is 20.7. The third kappa shape index (κ3) is 4.44. The summed E-state index contributed by atoms with van der Waals surface area (Å²) in [4.78, 5) is 53.4. The topological polar surface area (TPSA) is 201 Å². The van der Waals surface area contributed by atoms with Crippen LogP contribution in [0.2, 0.25) is 0 Å². The minimum Gasteiger partial charge on any atom is -0.387 e. The van der Waals surface area contributed by atoms with Crippen LogP contribution < -0.4 is 16.4 Å². The lowest BCUT2D eigenvalue weighted by atomic mass is 10.1. The van der Waals surface area contributed by atoms with Gasteiger partial charge in [0.15, 0.2) is 23.8 Å². The number of aromatic nitrogens is 4. The molecule has 6 N–H and O–H groups in total. The zero-order valence-electron chi connectivity index (χ0n) is 20.7. The first-order valence-corrected chi connectivity index (χ1v) is 12.5. The van der Waals surface area contributed by atoms with Gasteiger partial charge >= 0.3 is 0 Å². The molecule has 6 rings (SSSR count). The van der Waals surface area contributed by atoms with Gasteiger partial charge in [-0.05, 0) is 12.1 Å². The Morgan fingerprint density at radius 2 is 1.92 bits per heavy atom. The number of carbonyl (C=O) groups excluding carboxylic acids is 3. The maximum atomic E-state index is 13.2. The fourth-order valence-electron chi connectivity index (χ4n) is 5.22. The number of hydrogen-bond donors (Lipinski definition) is 5. The Labute approximate surface area is 221 Å². The van der Waals surface area contributed by atoms with Crippen molar-refractivity contribution in [2.24, 2.45) is 0 Å². The quantitative estimate of drug-likeness (QED) is 0.242. The van der Waals surface area contributed by atoms with Gasteiger partial charge in [0.2, 0.25) is 5.91 Å². The van der Waals surface area contributed by atoms with Gasteiger partial charge in [-0.15, -0.1) is 0 Å². The summed E-state index contributed by atoms with van der Waals surface area (Å²) in [5.41, 5.74) is 8.38. The zero-order chi connectivity index (χ0) is 27.3. The van der Waals surface area contributed by atoms with Gasteiger partial charge in [-0.3, -0.25) is 23.9 Å². The molecule has 3 aromatic rings. The molecule has 39 heavy (non-hydrogen) atoms. The highest BCUT2D eigenvalue weighted by atomic mass is 16.6. The second-order valence-electron chi connectivity index (χ2n) is 9.68. The minimum absolute atomic E-state index is 0.120. The van der Waals surface area contributed by atoms with E-state index in [2.05, 4.69) is 25.6 Å². The molecule has 0 spiro atoms. The Balaban J connectivity index is 1.05. The second kappa shape index (κ2) is 9.85. The van der Waals surface area contributed by atoms with Crippen molar-refractivity contribution in [2.75, 3.05) is 43.8 Å². The van der Waals surface area contributed by atoms with Gasteiger partial charge in [0.05, 0.1) is 12.9 Å². The molecule has 15 nitrogen and oxygen atoms in total. The number of carbonyl (C=O) groups is 3. The molecule has 3 aliphatic heterocycles. The highest BCUT2D eigenvalue weighted by molar-refractivity contribution is 6.02. The van der Waals surface area contributed by atoms with E-state index in [1.807, 2.05) is 4.90 Å². The van der Waals surface area contributed by atoms with Crippen LogP contribution in [0.25, 0.3) is 11.2 Å². The first-order chi connectivity index (χ1) is 18.8. The molecule has 2 fully saturated rings. The van der Waals surface area contributed by atoms with Crippen molar-refractivity contribution in [2.45, 2.75) is 31.1 Å². The third-order valence-electron chi connectivity index (χ3n) is 7.31. The molecule has 0 radical (unpaired) electrons. The smallest absolute Gasteiger partial charge is 0.254 e. The average molecular weight is 538 g/mol. The fraction of sp³-hybridized carbons (Fsp3) is 0.417. The number of nitrogens with zero attached hydrogens (tertiary/aromatic N) is 6. The molecule has 4 atom stereocenters.